The molecular weight excluding hydrogens is 276 g/mol. The molecule has 1 aliphatic carbocycles. The number of hydrogen-bond donors (Lipinski definition) is 1. The number of fused-ring (bicyclic) bond motifs is 1. The molecule has 4 nitrogen and oxygen atoms in total. The second-order valence-corrected chi connectivity index (χ2v) is 5.35. The summed E-state index contributed by atoms with van der Waals surface area (Å²) in [6.07, 6.45) is 1.87. The summed E-state index contributed by atoms with van der Waals surface area (Å²) in [5.41, 5.74) is 3.35. The highest BCUT2D eigenvalue weighted by molar-refractivity contribution is 6.32. The Balaban J connectivity index is 1.77. The van der Waals surface area contributed by atoms with Crippen LogP contribution in [-0.4, -0.2) is 11.0 Å². The Morgan fingerprint density at radius 2 is 1.80 bits per heavy atom. The van der Waals surface area contributed by atoms with Gasteiger partial charge in [-0.3, -0.25) is 10.1 Å². The van der Waals surface area contributed by atoms with E-state index in [1.54, 1.807) is 12.1 Å². The first-order valence-electron chi connectivity index (χ1n) is 6.41. The van der Waals surface area contributed by atoms with Crippen LogP contribution in [0.5, 0.6) is 0 Å². The average Bonchev–Trinajstić information content (AvgIpc) is 2.82. The number of nitro benzene ring substituents is 1. The Morgan fingerprint density at radius 1 is 1.15 bits per heavy atom. The maximum absolute atomic E-state index is 10.9. The number of nitro groups is 1. The van der Waals surface area contributed by atoms with E-state index in [9.17, 15) is 10.1 Å². The van der Waals surface area contributed by atoms with Crippen molar-refractivity contribution in [2.45, 2.75) is 18.9 Å². The van der Waals surface area contributed by atoms with Gasteiger partial charge in [0, 0.05) is 17.8 Å². The van der Waals surface area contributed by atoms with Crippen LogP contribution in [0.4, 0.5) is 11.4 Å². The molecule has 1 aliphatic rings. The van der Waals surface area contributed by atoms with Gasteiger partial charge in [-0.05, 0) is 36.1 Å². The molecule has 0 saturated carbocycles. The normalized spacial score (nSPS) is 14.1. The fraction of sp³-hybridized carbons (Fsp3) is 0.200. The molecule has 0 spiro atoms. The topological polar surface area (TPSA) is 55.2 Å². The molecule has 20 heavy (non-hydrogen) atoms. The molecule has 0 amide bonds. The van der Waals surface area contributed by atoms with Crippen molar-refractivity contribution < 1.29 is 4.92 Å². The van der Waals surface area contributed by atoms with Gasteiger partial charge >= 0.3 is 0 Å². The zero-order valence-corrected chi connectivity index (χ0v) is 11.4. The first-order chi connectivity index (χ1) is 9.63. The number of nitrogens with zero attached hydrogens (tertiary/aromatic N) is 1. The lowest BCUT2D eigenvalue weighted by Gasteiger charge is -2.13. The van der Waals surface area contributed by atoms with Crippen molar-refractivity contribution in [2.24, 2.45) is 0 Å². The fourth-order valence-electron chi connectivity index (χ4n) is 2.64. The maximum Gasteiger partial charge on any atom is 0.289 e. The zero-order chi connectivity index (χ0) is 14.1. The molecule has 0 bridgehead atoms. The lowest BCUT2D eigenvalue weighted by Crippen LogP contribution is -2.19. The van der Waals surface area contributed by atoms with Gasteiger partial charge in [0.2, 0.25) is 0 Å². The lowest BCUT2D eigenvalue weighted by atomic mass is 10.1. The third-order valence-corrected chi connectivity index (χ3v) is 3.88. The van der Waals surface area contributed by atoms with E-state index in [4.69, 9.17) is 11.6 Å². The number of rotatable bonds is 3. The van der Waals surface area contributed by atoms with Gasteiger partial charge in [0.05, 0.1) is 4.92 Å². The molecule has 0 radical (unpaired) electrons. The summed E-state index contributed by atoms with van der Waals surface area (Å²) in [6.45, 7) is 0. The predicted octanol–water partition coefficient (Wildman–Crippen LogP) is 3.83. The summed E-state index contributed by atoms with van der Waals surface area (Å²) in [5, 5.41) is 14.4. The first-order valence-corrected chi connectivity index (χ1v) is 6.78. The molecule has 2 aromatic carbocycles. The monoisotopic (exact) mass is 288 g/mol. The Hall–Kier alpha value is -2.07. The highest BCUT2D eigenvalue weighted by atomic mass is 35.5. The highest BCUT2D eigenvalue weighted by Crippen LogP contribution is 2.29. The summed E-state index contributed by atoms with van der Waals surface area (Å²) >= 11 is 5.81. The van der Waals surface area contributed by atoms with Crippen molar-refractivity contribution in [1.82, 2.24) is 0 Å². The largest absolute Gasteiger partial charge is 0.381 e. The van der Waals surface area contributed by atoms with Crippen molar-refractivity contribution in [3.63, 3.8) is 0 Å². The predicted molar refractivity (Wildman–Crippen MR) is 79.4 cm³/mol. The van der Waals surface area contributed by atoms with Gasteiger partial charge in [0.1, 0.15) is 5.02 Å². The average molecular weight is 289 g/mol. The lowest BCUT2D eigenvalue weighted by molar-refractivity contribution is -0.384. The molecule has 2 aromatic rings. The van der Waals surface area contributed by atoms with Crippen LogP contribution in [0.2, 0.25) is 5.02 Å². The molecule has 0 atom stereocenters. The van der Waals surface area contributed by atoms with Gasteiger partial charge in [0.25, 0.3) is 5.69 Å². The summed E-state index contributed by atoms with van der Waals surface area (Å²) < 4.78 is 0. The summed E-state index contributed by atoms with van der Waals surface area (Å²) in [6, 6.07) is 13.4. The number of benzene rings is 2. The molecule has 102 valence electrons. The first kappa shape index (κ1) is 12.9. The third-order valence-electron chi connectivity index (χ3n) is 3.56. The minimum atomic E-state index is -0.461. The summed E-state index contributed by atoms with van der Waals surface area (Å²) in [5.74, 6) is 0. The van der Waals surface area contributed by atoms with E-state index in [1.165, 1.54) is 17.2 Å². The van der Waals surface area contributed by atoms with Crippen LogP contribution in [0, 0.1) is 10.1 Å². The molecular formula is C15H13ClN2O2. The van der Waals surface area contributed by atoms with Gasteiger partial charge in [-0.25, -0.2) is 0 Å². The van der Waals surface area contributed by atoms with Crippen LogP contribution in [0.15, 0.2) is 42.5 Å². The van der Waals surface area contributed by atoms with Crippen molar-refractivity contribution in [3.05, 3.63) is 68.7 Å². The number of halogens is 1. The van der Waals surface area contributed by atoms with E-state index in [1.807, 2.05) is 12.1 Å². The van der Waals surface area contributed by atoms with Crippen LogP contribution in [0.25, 0.3) is 0 Å². The zero-order valence-electron chi connectivity index (χ0n) is 10.7. The summed E-state index contributed by atoms with van der Waals surface area (Å²) in [4.78, 5) is 10.4. The van der Waals surface area contributed by atoms with Gasteiger partial charge in [-0.2, -0.15) is 0 Å². The van der Waals surface area contributed by atoms with E-state index >= 15 is 0 Å². The quantitative estimate of drug-likeness (QED) is 0.690. The van der Waals surface area contributed by atoms with Crippen LogP contribution < -0.4 is 5.32 Å². The van der Waals surface area contributed by atoms with Gasteiger partial charge in [-0.15, -0.1) is 0 Å². The van der Waals surface area contributed by atoms with Gasteiger partial charge in [-0.1, -0.05) is 35.9 Å². The Bertz CT molecular complexity index is 648. The highest BCUT2D eigenvalue weighted by Gasteiger charge is 2.21. The molecule has 0 aromatic heterocycles. The molecule has 3 rings (SSSR count). The smallest absolute Gasteiger partial charge is 0.289 e. The van der Waals surface area contributed by atoms with E-state index in [-0.39, 0.29) is 16.8 Å². The number of nitrogens with one attached hydrogen (secondary N) is 1. The fourth-order valence-corrected chi connectivity index (χ4v) is 2.83. The van der Waals surface area contributed by atoms with Crippen molar-refractivity contribution in [2.75, 3.05) is 5.32 Å². The van der Waals surface area contributed by atoms with Crippen LogP contribution in [0.3, 0.4) is 0 Å². The molecule has 0 aliphatic heterocycles. The molecule has 5 heteroatoms. The second-order valence-electron chi connectivity index (χ2n) is 4.94. The van der Waals surface area contributed by atoms with E-state index in [2.05, 4.69) is 17.4 Å². The van der Waals surface area contributed by atoms with Gasteiger partial charge < -0.3 is 5.32 Å². The second kappa shape index (κ2) is 5.13. The maximum atomic E-state index is 10.9. The molecule has 0 unspecified atom stereocenters. The van der Waals surface area contributed by atoms with E-state index < -0.39 is 4.92 Å². The minimum Gasteiger partial charge on any atom is -0.381 e. The van der Waals surface area contributed by atoms with Crippen LogP contribution in [-0.2, 0) is 12.8 Å². The van der Waals surface area contributed by atoms with Crippen molar-refractivity contribution in [1.29, 1.82) is 0 Å². The third kappa shape index (κ3) is 2.47. The summed E-state index contributed by atoms with van der Waals surface area (Å²) in [7, 11) is 0. The van der Waals surface area contributed by atoms with Crippen LogP contribution in [0.1, 0.15) is 11.1 Å². The van der Waals surface area contributed by atoms with Crippen LogP contribution >= 0.6 is 11.6 Å². The number of hydrogen-bond acceptors (Lipinski definition) is 3. The number of anilines is 1. The molecule has 1 N–H and O–H groups in total. The Labute approximate surface area is 121 Å². The Kier molecular flexibility index (Phi) is 3.32. The minimum absolute atomic E-state index is 0.0628. The molecule has 0 saturated heterocycles. The van der Waals surface area contributed by atoms with Gasteiger partial charge in [0.15, 0.2) is 0 Å². The Morgan fingerprint density at radius 3 is 2.40 bits per heavy atom. The molecule has 0 fully saturated rings. The van der Waals surface area contributed by atoms with Crippen molar-refractivity contribution >= 4 is 23.0 Å². The van der Waals surface area contributed by atoms with E-state index in [0.29, 0.717) is 0 Å². The van der Waals surface area contributed by atoms with E-state index in [0.717, 1.165) is 18.5 Å². The van der Waals surface area contributed by atoms with Crippen molar-refractivity contribution in [3.8, 4) is 0 Å². The SMILES string of the molecule is O=[N+]([O-])c1cc(NC2Cc3ccccc3C2)ccc1Cl. The molecule has 0 heterocycles. The standard InChI is InChI=1S/C15H13ClN2O2/c16-14-6-5-12(9-15(14)18(19)20)17-13-7-10-3-1-2-4-11(10)8-13/h1-6,9,13,17H,7-8H2.